The van der Waals surface area contributed by atoms with Crippen LogP contribution in [-0.4, -0.2) is 16.6 Å². The fourth-order valence-corrected chi connectivity index (χ4v) is 4.76. The van der Waals surface area contributed by atoms with Crippen LogP contribution in [0.1, 0.15) is 109 Å². The lowest BCUT2D eigenvalue weighted by atomic mass is 9.77. The maximum Gasteiger partial charge on any atom is 0.159 e. The summed E-state index contributed by atoms with van der Waals surface area (Å²) in [5.74, 6) is 3.32. The Hall–Kier alpha value is -1.90. The number of nitrogens with zero attached hydrogens (tertiary/aromatic N) is 2. The summed E-state index contributed by atoms with van der Waals surface area (Å²) in [5, 5.41) is 0. The first-order valence-corrected chi connectivity index (χ1v) is 12.8. The molecular weight excluding hydrogens is 380 g/mol. The van der Waals surface area contributed by atoms with Crippen LogP contribution in [0, 0.1) is 5.92 Å². The van der Waals surface area contributed by atoms with E-state index in [9.17, 15) is 0 Å². The van der Waals surface area contributed by atoms with Crippen molar-refractivity contribution in [2.24, 2.45) is 5.92 Å². The molecule has 170 valence electrons. The maximum atomic E-state index is 5.81. The number of rotatable bonds is 13. The molecule has 3 heteroatoms. The predicted molar refractivity (Wildman–Crippen MR) is 131 cm³/mol. The smallest absolute Gasteiger partial charge is 0.159 e. The average Bonchev–Trinajstić information content (AvgIpc) is 2.83. The van der Waals surface area contributed by atoms with Gasteiger partial charge in [0.1, 0.15) is 5.75 Å². The van der Waals surface area contributed by atoms with E-state index in [0.717, 1.165) is 36.1 Å². The van der Waals surface area contributed by atoms with E-state index in [2.05, 4.69) is 48.3 Å². The van der Waals surface area contributed by atoms with Crippen molar-refractivity contribution in [2.75, 3.05) is 6.61 Å². The Morgan fingerprint density at radius 1 is 0.774 bits per heavy atom. The molecule has 0 spiro atoms. The minimum atomic E-state index is 0.643. The predicted octanol–water partition coefficient (Wildman–Crippen LogP) is 8.35. The SMILES string of the molecule is CCCCCCC[C@H]1CC[C@H](c2cnc(-c3ccc(OCCCCC)cc3)nc2)CC1. The van der Waals surface area contributed by atoms with Crippen molar-refractivity contribution in [1.82, 2.24) is 9.97 Å². The van der Waals surface area contributed by atoms with Crippen molar-refractivity contribution < 1.29 is 4.74 Å². The summed E-state index contributed by atoms with van der Waals surface area (Å²) >= 11 is 0. The third kappa shape index (κ3) is 7.94. The zero-order valence-electron chi connectivity index (χ0n) is 19.8. The van der Waals surface area contributed by atoms with Gasteiger partial charge >= 0.3 is 0 Å². The molecular formula is C28H42N2O. The molecule has 3 nitrogen and oxygen atoms in total. The Bertz CT molecular complexity index is 718. The molecule has 1 heterocycles. The van der Waals surface area contributed by atoms with Crippen molar-refractivity contribution in [1.29, 1.82) is 0 Å². The second-order valence-corrected chi connectivity index (χ2v) is 9.34. The van der Waals surface area contributed by atoms with Gasteiger partial charge in [-0.1, -0.05) is 65.2 Å². The highest BCUT2D eigenvalue weighted by atomic mass is 16.5. The highest BCUT2D eigenvalue weighted by Gasteiger charge is 2.22. The Labute approximate surface area is 190 Å². The van der Waals surface area contributed by atoms with Crippen LogP contribution >= 0.6 is 0 Å². The van der Waals surface area contributed by atoms with Crippen LogP contribution in [0.3, 0.4) is 0 Å². The quantitative estimate of drug-likeness (QED) is 0.304. The molecule has 1 saturated carbocycles. The van der Waals surface area contributed by atoms with Gasteiger partial charge in [-0.05, 0) is 73.8 Å². The summed E-state index contributed by atoms with van der Waals surface area (Å²) in [5.41, 5.74) is 2.38. The molecule has 0 amide bonds. The van der Waals surface area contributed by atoms with Gasteiger partial charge in [0.25, 0.3) is 0 Å². The topological polar surface area (TPSA) is 35.0 Å². The molecule has 1 fully saturated rings. The van der Waals surface area contributed by atoms with Crippen LogP contribution in [0.25, 0.3) is 11.4 Å². The van der Waals surface area contributed by atoms with Gasteiger partial charge in [0.15, 0.2) is 5.82 Å². The highest BCUT2D eigenvalue weighted by molar-refractivity contribution is 5.56. The third-order valence-corrected chi connectivity index (χ3v) is 6.84. The van der Waals surface area contributed by atoms with Crippen molar-refractivity contribution in [3.05, 3.63) is 42.2 Å². The van der Waals surface area contributed by atoms with Gasteiger partial charge in [-0.3, -0.25) is 0 Å². The molecule has 0 radical (unpaired) electrons. The van der Waals surface area contributed by atoms with Gasteiger partial charge in [-0.15, -0.1) is 0 Å². The summed E-state index contributed by atoms with van der Waals surface area (Å²) in [6.07, 6.45) is 21.5. The summed E-state index contributed by atoms with van der Waals surface area (Å²) in [6, 6.07) is 8.19. The summed E-state index contributed by atoms with van der Waals surface area (Å²) in [7, 11) is 0. The lowest BCUT2D eigenvalue weighted by molar-refractivity contribution is 0.301. The lowest BCUT2D eigenvalue weighted by Crippen LogP contribution is -2.14. The normalized spacial score (nSPS) is 18.8. The zero-order chi connectivity index (χ0) is 21.7. The Morgan fingerprint density at radius 3 is 2.10 bits per heavy atom. The third-order valence-electron chi connectivity index (χ3n) is 6.84. The van der Waals surface area contributed by atoms with Gasteiger partial charge in [0.2, 0.25) is 0 Å². The van der Waals surface area contributed by atoms with Crippen molar-refractivity contribution in [3.63, 3.8) is 0 Å². The van der Waals surface area contributed by atoms with Crippen molar-refractivity contribution in [3.8, 4) is 17.1 Å². The number of hydrogen-bond acceptors (Lipinski definition) is 3. The minimum absolute atomic E-state index is 0.643. The average molecular weight is 423 g/mol. The Kier molecular flexibility index (Phi) is 10.3. The Morgan fingerprint density at radius 2 is 1.42 bits per heavy atom. The standard InChI is InChI=1S/C28H42N2O/c1-3-5-7-8-9-11-23-12-14-24(15-13-23)26-21-29-28(30-22-26)25-16-18-27(19-17-25)31-20-10-6-4-2/h16-19,21-24H,3-15,20H2,1-2H3/t23-,24-. The van der Waals surface area contributed by atoms with Crippen LogP contribution in [0.2, 0.25) is 0 Å². The van der Waals surface area contributed by atoms with Crippen LogP contribution in [0.4, 0.5) is 0 Å². The number of hydrogen-bond donors (Lipinski definition) is 0. The van der Waals surface area contributed by atoms with E-state index in [0.29, 0.717) is 5.92 Å². The monoisotopic (exact) mass is 422 g/mol. The molecule has 3 rings (SSSR count). The molecule has 1 aromatic heterocycles. The fraction of sp³-hybridized carbons (Fsp3) is 0.643. The maximum absolute atomic E-state index is 5.81. The van der Waals surface area contributed by atoms with E-state index >= 15 is 0 Å². The van der Waals surface area contributed by atoms with E-state index in [1.165, 1.54) is 82.6 Å². The summed E-state index contributed by atoms with van der Waals surface area (Å²) < 4.78 is 5.81. The molecule has 2 aromatic rings. The molecule has 0 aliphatic heterocycles. The van der Waals surface area contributed by atoms with Crippen LogP contribution in [0.5, 0.6) is 5.75 Å². The molecule has 1 aliphatic carbocycles. The molecule has 31 heavy (non-hydrogen) atoms. The largest absolute Gasteiger partial charge is 0.494 e. The van der Waals surface area contributed by atoms with Gasteiger partial charge in [-0.2, -0.15) is 0 Å². The summed E-state index contributed by atoms with van der Waals surface area (Å²) in [4.78, 5) is 9.37. The van der Waals surface area contributed by atoms with Gasteiger partial charge in [0.05, 0.1) is 6.61 Å². The van der Waals surface area contributed by atoms with Crippen LogP contribution in [-0.2, 0) is 0 Å². The van der Waals surface area contributed by atoms with E-state index in [4.69, 9.17) is 4.74 Å². The first-order valence-electron chi connectivity index (χ1n) is 12.8. The zero-order valence-corrected chi connectivity index (χ0v) is 19.8. The van der Waals surface area contributed by atoms with Crippen molar-refractivity contribution in [2.45, 2.75) is 103 Å². The van der Waals surface area contributed by atoms with E-state index in [1.807, 2.05) is 12.1 Å². The van der Waals surface area contributed by atoms with E-state index in [1.54, 1.807) is 0 Å². The fourth-order valence-electron chi connectivity index (χ4n) is 4.76. The number of aromatic nitrogens is 2. The molecule has 0 saturated heterocycles. The number of ether oxygens (including phenoxy) is 1. The first kappa shape index (κ1) is 23.8. The highest BCUT2D eigenvalue weighted by Crippen LogP contribution is 2.37. The minimum Gasteiger partial charge on any atom is -0.494 e. The number of benzene rings is 1. The second-order valence-electron chi connectivity index (χ2n) is 9.34. The molecule has 0 unspecified atom stereocenters. The van der Waals surface area contributed by atoms with Gasteiger partial charge in [-0.25, -0.2) is 9.97 Å². The second kappa shape index (κ2) is 13.5. The number of unbranched alkanes of at least 4 members (excludes halogenated alkanes) is 6. The molecule has 1 aromatic carbocycles. The Balaban J connectivity index is 1.43. The van der Waals surface area contributed by atoms with Gasteiger partial charge in [0, 0.05) is 18.0 Å². The lowest BCUT2D eigenvalue weighted by Gasteiger charge is -2.28. The van der Waals surface area contributed by atoms with E-state index < -0.39 is 0 Å². The first-order chi connectivity index (χ1) is 15.3. The van der Waals surface area contributed by atoms with Crippen molar-refractivity contribution >= 4 is 0 Å². The van der Waals surface area contributed by atoms with Crippen LogP contribution in [0.15, 0.2) is 36.7 Å². The van der Waals surface area contributed by atoms with Crippen LogP contribution < -0.4 is 4.74 Å². The molecule has 0 atom stereocenters. The molecule has 0 bridgehead atoms. The molecule has 1 aliphatic rings. The van der Waals surface area contributed by atoms with Gasteiger partial charge < -0.3 is 4.74 Å². The molecule has 0 N–H and O–H groups in total. The van der Waals surface area contributed by atoms with E-state index in [-0.39, 0.29) is 0 Å². The summed E-state index contributed by atoms with van der Waals surface area (Å²) in [6.45, 7) is 5.29.